The lowest BCUT2D eigenvalue weighted by Gasteiger charge is -2.06. The van der Waals surface area contributed by atoms with Gasteiger partial charge in [0.25, 0.3) is 12.3 Å². The highest BCUT2D eigenvalue weighted by Crippen LogP contribution is 2.21. The molecule has 0 bridgehead atoms. The molecule has 1 aromatic rings. The smallest absolute Gasteiger partial charge is 0.255 e. The van der Waals surface area contributed by atoms with Crippen molar-refractivity contribution in [3.63, 3.8) is 0 Å². The first kappa shape index (κ1) is 11.7. The average molecular weight is 236 g/mol. The SMILES string of the molecule is O=C(NCC(F)F)c1cc(Cl)ccc1O. The Morgan fingerprint density at radius 1 is 1.53 bits per heavy atom. The van der Waals surface area contributed by atoms with Crippen LogP contribution in [-0.4, -0.2) is 24.0 Å². The Hall–Kier alpha value is -1.36. The van der Waals surface area contributed by atoms with E-state index in [0.29, 0.717) is 0 Å². The predicted octanol–water partition coefficient (Wildman–Crippen LogP) is 2.04. The number of rotatable bonds is 3. The molecule has 0 spiro atoms. The molecule has 15 heavy (non-hydrogen) atoms. The molecule has 0 unspecified atom stereocenters. The van der Waals surface area contributed by atoms with Crippen molar-refractivity contribution in [2.45, 2.75) is 6.43 Å². The summed E-state index contributed by atoms with van der Waals surface area (Å²) in [5.41, 5.74) is -0.122. The number of benzene rings is 1. The van der Waals surface area contributed by atoms with Crippen molar-refractivity contribution in [3.05, 3.63) is 28.8 Å². The first-order chi connectivity index (χ1) is 7.00. The molecule has 0 aliphatic rings. The van der Waals surface area contributed by atoms with E-state index < -0.39 is 18.9 Å². The maximum atomic E-state index is 11.8. The highest BCUT2D eigenvalue weighted by atomic mass is 35.5. The van der Waals surface area contributed by atoms with Crippen LogP contribution < -0.4 is 5.32 Å². The number of phenols is 1. The van der Waals surface area contributed by atoms with E-state index in [4.69, 9.17) is 11.6 Å². The molecule has 0 saturated heterocycles. The standard InChI is InChI=1S/C9H8ClF2NO2/c10-5-1-2-7(14)6(3-5)9(15)13-4-8(11)12/h1-3,8,14H,4H2,(H,13,15). The summed E-state index contributed by atoms with van der Waals surface area (Å²) in [6, 6.07) is 3.82. The summed E-state index contributed by atoms with van der Waals surface area (Å²) in [5, 5.41) is 11.5. The lowest BCUT2D eigenvalue weighted by atomic mass is 10.2. The highest BCUT2D eigenvalue weighted by molar-refractivity contribution is 6.31. The molecule has 0 radical (unpaired) electrons. The highest BCUT2D eigenvalue weighted by Gasteiger charge is 2.13. The van der Waals surface area contributed by atoms with Gasteiger partial charge in [0.15, 0.2) is 0 Å². The van der Waals surface area contributed by atoms with Gasteiger partial charge in [0.2, 0.25) is 0 Å². The summed E-state index contributed by atoms with van der Waals surface area (Å²) in [4.78, 5) is 11.3. The van der Waals surface area contributed by atoms with Crippen molar-refractivity contribution in [2.24, 2.45) is 0 Å². The molecule has 1 aromatic carbocycles. The summed E-state index contributed by atoms with van der Waals surface area (Å²) < 4.78 is 23.6. The van der Waals surface area contributed by atoms with Crippen molar-refractivity contribution in [3.8, 4) is 5.75 Å². The molecule has 0 heterocycles. The molecule has 6 heteroatoms. The van der Waals surface area contributed by atoms with Gasteiger partial charge in [0.05, 0.1) is 12.1 Å². The maximum Gasteiger partial charge on any atom is 0.255 e. The van der Waals surface area contributed by atoms with Gasteiger partial charge in [-0.15, -0.1) is 0 Å². The van der Waals surface area contributed by atoms with Crippen LogP contribution in [0.2, 0.25) is 5.02 Å². The van der Waals surface area contributed by atoms with E-state index in [0.717, 1.165) is 0 Å². The van der Waals surface area contributed by atoms with Gasteiger partial charge in [0.1, 0.15) is 5.75 Å². The molecule has 0 aliphatic heterocycles. The van der Waals surface area contributed by atoms with E-state index >= 15 is 0 Å². The number of carbonyl (C=O) groups is 1. The average Bonchev–Trinajstić information content (AvgIpc) is 2.18. The minimum atomic E-state index is -2.63. The molecule has 0 atom stereocenters. The van der Waals surface area contributed by atoms with Crippen LogP contribution in [0.5, 0.6) is 5.75 Å². The van der Waals surface area contributed by atoms with Gasteiger partial charge >= 0.3 is 0 Å². The van der Waals surface area contributed by atoms with Gasteiger partial charge in [0, 0.05) is 5.02 Å². The van der Waals surface area contributed by atoms with Crippen molar-refractivity contribution in [1.82, 2.24) is 5.32 Å². The minimum absolute atomic E-state index is 0.122. The monoisotopic (exact) mass is 235 g/mol. The van der Waals surface area contributed by atoms with Gasteiger partial charge in [-0.05, 0) is 18.2 Å². The minimum Gasteiger partial charge on any atom is -0.507 e. The number of aromatic hydroxyl groups is 1. The topological polar surface area (TPSA) is 49.3 Å². The fourth-order valence-electron chi connectivity index (χ4n) is 0.955. The molecular formula is C9H8ClF2NO2. The van der Waals surface area contributed by atoms with E-state index in [2.05, 4.69) is 0 Å². The van der Waals surface area contributed by atoms with Crippen LogP contribution in [0.4, 0.5) is 8.78 Å². The van der Waals surface area contributed by atoms with Crippen molar-refractivity contribution in [1.29, 1.82) is 0 Å². The number of hydrogen-bond donors (Lipinski definition) is 2. The Labute approximate surface area is 89.7 Å². The molecule has 2 N–H and O–H groups in total. The van der Waals surface area contributed by atoms with E-state index in [1.54, 1.807) is 0 Å². The number of alkyl halides is 2. The molecule has 3 nitrogen and oxygen atoms in total. The first-order valence-electron chi connectivity index (χ1n) is 4.05. The zero-order valence-electron chi connectivity index (χ0n) is 7.51. The summed E-state index contributed by atoms with van der Waals surface area (Å²) in [7, 11) is 0. The van der Waals surface area contributed by atoms with E-state index in [-0.39, 0.29) is 16.3 Å². The zero-order valence-corrected chi connectivity index (χ0v) is 8.26. The molecule has 1 rings (SSSR count). The summed E-state index contributed by atoms with van der Waals surface area (Å²) in [5.74, 6) is -1.08. The number of carbonyl (C=O) groups excluding carboxylic acids is 1. The van der Waals surface area contributed by atoms with Gasteiger partial charge in [-0.3, -0.25) is 4.79 Å². The third-order valence-electron chi connectivity index (χ3n) is 1.62. The van der Waals surface area contributed by atoms with Gasteiger partial charge in [-0.2, -0.15) is 0 Å². The Morgan fingerprint density at radius 3 is 2.80 bits per heavy atom. The fraction of sp³-hybridized carbons (Fsp3) is 0.222. The molecule has 82 valence electrons. The Bertz CT molecular complexity index is 371. The van der Waals surface area contributed by atoms with Crippen LogP contribution in [0.3, 0.4) is 0 Å². The molecule has 1 amide bonds. The fourth-order valence-corrected chi connectivity index (χ4v) is 1.13. The van der Waals surface area contributed by atoms with Gasteiger partial charge in [-0.1, -0.05) is 11.6 Å². The van der Waals surface area contributed by atoms with Crippen LogP contribution in [0, 0.1) is 0 Å². The van der Waals surface area contributed by atoms with Crippen LogP contribution in [0.15, 0.2) is 18.2 Å². The van der Waals surface area contributed by atoms with Crippen molar-refractivity contribution >= 4 is 17.5 Å². The Morgan fingerprint density at radius 2 is 2.20 bits per heavy atom. The van der Waals surface area contributed by atoms with Crippen LogP contribution in [-0.2, 0) is 0 Å². The Balaban J connectivity index is 2.77. The lowest BCUT2D eigenvalue weighted by molar-refractivity contribution is 0.0889. The Kier molecular flexibility index (Phi) is 3.85. The molecule has 0 saturated carbocycles. The lowest BCUT2D eigenvalue weighted by Crippen LogP contribution is -2.28. The predicted molar refractivity (Wildman–Crippen MR) is 51.5 cm³/mol. The normalized spacial score (nSPS) is 10.4. The molecule has 0 fully saturated rings. The zero-order chi connectivity index (χ0) is 11.4. The largest absolute Gasteiger partial charge is 0.507 e. The maximum absolute atomic E-state index is 11.8. The second-order valence-electron chi connectivity index (χ2n) is 2.76. The number of phenolic OH excluding ortho intramolecular Hbond substituents is 1. The number of nitrogens with one attached hydrogen (secondary N) is 1. The second kappa shape index (κ2) is 4.93. The molecular weight excluding hydrogens is 228 g/mol. The third kappa shape index (κ3) is 3.36. The third-order valence-corrected chi connectivity index (χ3v) is 1.86. The number of amides is 1. The van der Waals surface area contributed by atoms with E-state index in [1.807, 2.05) is 5.32 Å². The van der Waals surface area contributed by atoms with Crippen molar-refractivity contribution in [2.75, 3.05) is 6.54 Å². The summed E-state index contributed by atoms with van der Waals surface area (Å²) in [6.45, 7) is -0.759. The summed E-state index contributed by atoms with van der Waals surface area (Å²) in [6.07, 6.45) is -2.63. The van der Waals surface area contributed by atoms with Crippen LogP contribution in [0.1, 0.15) is 10.4 Å². The quantitative estimate of drug-likeness (QED) is 0.842. The first-order valence-corrected chi connectivity index (χ1v) is 4.43. The van der Waals surface area contributed by atoms with E-state index in [1.165, 1.54) is 18.2 Å². The van der Waals surface area contributed by atoms with Gasteiger partial charge < -0.3 is 10.4 Å². The number of hydrogen-bond acceptors (Lipinski definition) is 2. The van der Waals surface area contributed by atoms with Crippen molar-refractivity contribution < 1.29 is 18.7 Å². The van der Waals surface area contributed by atoms with Crippen LogP contribution in [0.25, 0.3) is 0 Å². The van der Waals surface area contributed by atoms with E-state index in [9.17, 15) is 18.7 Å². The molecule has 0 aliphatic carbocycles. The number of halogens is 3. The summed E-state index contributed by atoms with van der Waals surface area (Å²) >= 11 is 5.58. The molecule has 0 aromatic heterocycles. The van der Waals surface area contributed by atoms with Crippen LogP contribution >= 0.6 is 11.6 Å². The second-order valence-corrected chi connectivity index (χ2v) is 3.20. The van der Waals surface area contributed by atoms with Gasteiger partial charge in [-0.25, -0.2) is 8.78 Å².